The van der Waals surface area contributed by atoms with Gasteiger partial charge in [0.2, 0.25) is 12.7 Å². The van der Waals surface area contributed by atoms with Gasteiger partial charge in [-0.3, -0.25) is 9.59 Å². The first-order chi connectivity index (χ1) is 37.9. The van der Waals surface area contributed by atoms with Crippen molar-refractivity contribution in [3.63, 3.8) is 0 Å². The third kappa shape index (κ3) is 22.5. The monoisotopic (exact) mass is 1160 g/mol. The predicted octanol–water partition coefficient (Wildman–Crippen LogP) is 6.87. The molecule has 1 unspecified atom stereocenters. The number of rotatable bonds is 17. The maximum absolute atomic E-state index is 13.7. The number of benzene rings is 1. The SMILES string of the molecule is C#C.C=O.CC[C@H]1OC(=O)[C@H](C)[C@@H](O[C@H]2C[C@H](C)C[C@H](C)O2)[C@H](C)C[C@](C)(OC)C[C@@H](C)/C(=N/OCOC)[C@H](C)C(O)[C@]1(C)O.CO.COc1ncc(-c2ccc([C@@H](O)[C@@H](CF)NC(=O)CCN(C)[C@H]3C[C@@H](C)O[C@@H](O)C3)cc2)s1. The van der Waals surface area contributed by atoms with E-state index >= 15 is 0 Å². The smallest absolute Gasteiger partial charge is 0.311 e. The third-order valence-electron chi connectivity index (χ3n) is 15.0. The lowest BCUT2D eigenvalue weighted by atomic mass is 9.75. The molecule has 6 N–H and O–H groups in total. The number of hydrogen-bond donors (Lipinski definition) is 6. The normalized spacial score (nSPS) is 32.4. The lowest BCUT2D eigenvalue weighted by molar-refractivity contribution is -0.242. The number of amides is 1. The molecule has 0 radical (unpaired) electrons. The molecule has 1 amide bonds. The van der Waals surface area contributed by atoms with Crippen LogP contribution in [0.3, 0.4) is 0 Å². The van der Waals surface area contributed by atoms with E-state index in [4.69, 9.17) is 47.9 Å². The fraction of sp³-hybridized carbons (Fsp3) is 0.741. The second kappa shape index (κ2) is 37.1. The average Bonchev–Trinajstić information content (AvgIpc) is 3.94. The highest BCUT2D eigenvalue weighted by Gasteiger charge is 2.48. The van der Waals surface area contributed by atoms with Gasteiger partial charge in [-0.1, -0.05) is 75.4 Å². The number of alkyl halides is 1. The molecular formula is C58H97FN4O16S. The maximum Gasteiger partial charge on any atom is 0.311 e. The van der Waals surface area contributed by atoms with Crippen LogP contribution in [-0.4, -0.2) is 182 Å². The fourth-order valence-electron chi connectivity index (χ4n) is 10.8. The Kier molecular flexibility index (Phi) is 34.2. The van der Waals surface area contributed by atoms with E-state index < -0.39 is 78.7 Å². The van der Waals surface area contributed by atoms with Gasteiger partial charge in [0.25, 0.3) is 5.19 Å². The summed E-state index contributed by atoms with van der Waals surface area (Å²) in [6.07, 6.45) is 9.09. The molecule has 1 aromatic carbocycles. The number of nitrogens with zero attached hydrogens (tertiary/aromatic N) is 3. The van der Waals surface area contributed by atoms with Gasteiger partial charge in [0, 0.05) is 71.2 Å². The topological polar surface area (TPSA) is 267 Å². The fourth-order valence-corrected chi connectivity index (χ4v) is 11.5. The minimum absolute atomic E-state index is 0.0504. The Balaban J connectivity index is 0.000000744. The molecular weight excluding hydrogens is 1060 g/mol. The molecule has 3 aliphatic heterocycles. The van der Waals surface area contributed by atoms with Crippen LogP contribution in [0.1, 0.15) is 132 Å². The summed E-state index contributed by atoms with van der Waals surface area (Å²) in [5.74, 6) is -1.96. The van der Waals surface area contributed by atoms with Crippen molar-refractivity contribution in [1.29, 1.82) is 0 Å². The Morgan fingerprint density at radius 2 is 1.60 bits per heavy atom. The van der Waals surface area contributed by atoms with Crippen LogP contribution >= 0.6 is 11.3 Å². The number of aliphatic hydroxyl groups is 5. The number of nitrogens with one attached hydrogen (secondary N) is 1. The molecule has 3 aliphatic rings. The van der Waals surface area contributed by atoms with Crippen molar-refractivity contribution in [2.24, 2.45) is 34.7 Å². The number of carbonyl (C=O) groups is 3. The molecule has 0 aliphatic carbocycles. The Hall–Kier alpha value is -4.22. The van der Waals surface area contributed by atoms with Gasteiger partial charge in [0.1, 0.15) is 31.3 Å². The molecule has 4 heterocycles. The van der Waals surface area contributed by atoms with Crippen LogP contribution in [0.5, 0.6) is 5.19 Å². The number of carbonyl (C=O) groups excluding carboxylic acids is 3. The minimum Gasteiger partial charge on any atom is -0.473 e. The maximum atomic E-state index is 13.7. The van der Waals surface area contributed by atoms with Crippen LogP contribution in [0.4, 0.5) is 4.39 Å². The van der Waals surface area contributed by atoms with Gasteiger partial charge in [-0.2, -0.15) is 0 Å². The zero-order valence-corrected chi connectivity index (χ0v) is 50.9. The lowest BCUT2D eigenvalue weighted by Crippen LogP contribution is -2.56. The molecule has 17 atom stereocenters. The standard InChI is InChI=1S/C31H57NO9.C23H32FN3O5S.C2H2.CH4O.CH2O/c1-12-24-31(9,35)28(33)22(6)26(32-38-17-36-10)19(3)15-30(8,37-11)16-20(4)27(23(7)29(34)40-24)41-25-14-18(2)13-21(5)39-25;1-14-10-17(11-21(29)32-14)27(2)9-8-20(28)26-18(12-24)22(30)16-6-4-15(5-7-16)19-13-25-23(31-3)33-19;3*1-2/h18-25,27-28,33,35H,12-17H2,1-11H3;4-7,13-14,17-18,21-22,29-30H,8-12H2,1-3H3,(H,26,28);1-2H;2H,1H3;1H2/b32-26-;;;;/t18-,19-,20-,21+,22+,23-,24-,25+,27+,28?,30-,31-;14-,17+,18-,21-,22-;;;/m11.../s1. The third-order valence-corrected chi connectivity index (χ3v) is 16.0. The summed E-state index contributed by atoms with van der Waals surface area (Å²) in [5.41, 5.74) is -0.407. The van der Waals surface area contributed by atoms with E-state index in [2.05, 4.69) is 42.2 Å². The zero-order valence-electron chi connectivity index (χ0n) is 50.0. The number of aromatic nitrogens is 1. The minimum atomic E-state index is -1.76. The van der Waals surface area contributed by atoms with Crippen LogP contribution in [0.2, 0.25) is 0 Å². The van der Waals surface area contributed by atoms with Crippen molar-refractivity contribution in [1.82, 2.24) is 15.2 Å². The highest BCUT2D eigenvalue weighted by atomic mass is 32.1. The van der Waals surface area contributed by atoms with E-state index in [1.54, 1.807) is 46.4 Å². The number of thiazole rings is 1. The Labute approximate surface area is 479 Å². The molecule has 22 heteroatoms. The van der Waals surface area contributed by atoms with Gasteiger partial charge < -0.3 is 78.5 Å². The zero-order chi connectivity index (χ0) is 61.1. The van der Waals surface area contributed by atoms with Crippen LogP contribution in [0.15, 0.2) is 35.6 Å². The van der Waals surface area contributed by atoms with Crippen molar-refractivity contribution >= 4 is 35.7 Å². The molecule has 0 saturated carbocycles. The van der Waals surface area contributed by atoms with Gasteiger partial charge in [0.05, 0.1) is 59.7 Å². The molecule has 3 fully saturated rings. The van der Waals surface area contributed by atoms with Gasteiger partial charge in [0.15, 0.2) is 12.6 Å². The molecule has 1 aromatic heterocycles. The summed E-state index contributed by atoms with van der Waals surface area (Å²) in [7, 11) is 7.63. The Morgan fingerprint density at radius 1 is 0.975 bits per heavy atom. The van der Waals surface area contributed by atoms with Gasteiger partial charge in [-0.05, 0) is 96.7 Å². The van der Waals surface area contributed by atoms with Crippen molar-refractivity contribution in [2.45, 2.75) is 193 Å². The van der Waals surface area contributed by atoms with Crippen LogP contribution in [0.25, 0.3) is 10.4 Å². The van der Waals surface area contributed by atoms with Gasteiger partial charge in [-0.25, -0.2) is 9.37 Å². The number of hydrogen-bond acceptors (Lipinski definition) is 20. The largest absolute Gasteiger partial charge is 0.473 e. The molecule has 2 aromatic rings. The lowest BCUT2D eigenvalue weighted by Gasteiger charge is -2.43. The molecule has 458 valence electrons. The van der Waals surface area contributed by atoms with E-state index in [0.29, 0.717) is 54.6 Å². The second-order valence-corrected chi connectivity index (χ2v) is 22.5. The molecule has 3 saturated heterocycles. The van der Waals surface area contributed by atoms with Crippen LogP contribution in [0, 0.1) is 42.4 Å². The molecule has 80 heavy (non-hydrogen) atoms. The summed E-state index contributed by atoms with van der Waals surface area (Å²) in [6, 6.07) is 6.14. The summed E-state index contributed by atoms with van der Waals surface area (Å²) in [6.45, 7) is 20.7. The van der Waals surface area contributed by atoms with Crippen molar-refractivity contribution in [3.8, 4) is 28.5 Å². The Morgan fingerprint density at radius 3 is 2.14 bits per heavy atom. The number of cyclic esters (lactones) is 1. The first kappa shape index (κ1) is 73.8. The second-order valence-electron chi connectivity index (χ2n) is 21.5. The first-order valence-corrected chi connectivity index (χ1v) is 28.1. The molecule has 0 spiro atoms. The highest BCUT2D eigenvalue weighted by molar-refractivity contribution is 7.16. The molecule has 0 bridgehead atoms. The number of terminal acetylenes is 1. The number of esters is 1. The van der Waals surface area contributed by atoms with E-state index in [1.165, 1.54) is 25.4 Å². The number of oxime groups is 1. The quantitative estimate of drug-likeness (QED) is 0.0310. The van der Waals surface area contributed by atoms with Crippen molar-refractivity contribution < 1.29 is 82.3 Å². The Bertz CT molecular complexity index is 2080. The summed E-state index contributed by atoms with van der Waals surface area (Å²) < 4.78 is 53.9. The van der Waals surface area contributed by atoms with Crippen molar-refractivity contribution in [3.05, 3.63) is 36.0 Å². The summed E-state index contributed by atoms with van der Waals surface area (Å²) >= 11 is 1.40. The highest BCUT2D eigenvalue weighted by Crippen LogP contribution is 2.39. The summed E-state index contributed by atoms with van der Waals surface area (Å²) in [5, 5.41) is 58.0. The first-order valence-electron chi connectivity index (χ1n) is 27.3. The van der Waals surface area contributed by atoms with E-state index in [9.17, 15) is 34.4 Å². The average molecular weight is 1160 g/mol. The van der Waals surface area contributed by atoms with Crippen molar-refractivity contribution in [2.75, 3.05) is 55.5 Å². The van der Waals surface area contributed by atoms with E-state index in [0.717, 1.165) is 36.8 Å². The number of halogens is 1. The predicted molar refractivity (Wildman–Crippen MR) is 305 cm³/mol. The number of aliphatic hydroxyl groups excluding tert-OH is 4. The number of ether oxygens (including phenoxy) is 7. The summed E-state index contributed by atoms with van der Waals surface area (Å²) in [4.78, 5) is 46.5. The number of methoxy groups -OCH3 is 3. The molecule has 5 rings (SSSR count). The van der Waals surface area contributed by atoms with Crippen LogP contribution < -0.4 is 10.1 Å². The van der Waals surface area contributed by atoms with Gasteiger partial charge in [-0.15, -0.1) is 12.8 Å². The molecule has 20 nitrogen and oxygen atoms in total. The van der Waals surface area contributed by atoms with Crippen LogP contribution in [-0.2, 0) is 47.6 Å². The van der Waals surface area contributed by atoms with E-state index in [-0.39, 0.29) is 49.2 Å². The van der Waals surface area contributed by atoms with E-state index in [1.807, 2.05) is 65.5 Å². The van der Waals surface area contributed by atoms with Gasteiger partial charge >= 0.3 is 5.97 Å².